The third-order valence-corrected chi connectivity index (χ3v) is 6.25. The number of carbonyl (C=O) groups excluding carboxylic acids is 1. The number of hydrogen-bond donors (Lipinski definition) is 1. The van der Waals surface area contributed by atoms with E-state index in [4.69, 9.17) is 4.74 Å². The van der Waals surface area contributed by atoms with Gasteiger partial charge in [0.1, 0.15) is 5.75 Å². The number of methoxy groups -OCH3 is 1. The summed E-state index contributed by atoms with van der Waals surface area (Å²) in [4.78, 5) is 20.9. The van der Waals surface area contributed by atoms with E-state index in [0.29, 0.717) is 26.2 Å². The van der Waals surface area contributed by atoms with Gasteiger partial charge in [-0.2, -0.15) is 5.10 Å². The molecule has 5 rings (SSSR count). The van der Waals surface area contributed by atoms with Gasteiger partial charge in [0.2, 0.25) is 5.91 Å². The van der Waals surface area contributed by atoms with Crippen molar-refractivity contribution in [2.75, 3.05) is 31.6 Å². The van der Waals surface area contributed by atoms with Crippen LogP contribution in [0.15, 0.2) is 85.3 Å². The van der Waals surface area contributed by atoms with E-state index in [1.165, 1.54) is 5.56 Å². The van der Waals surface area contributed by atoms with E-state index < -0.39 is 0 Å². The molecular formula is C28H30N6O2. The third kappa shape index (κ3) is 5.90. The summed E-state index contributed by atoms with van der Waals surface area (Å²) in [6.45, 7) is 4.00. The predicted molar refractivity (Wildman–Crippen MR) is 139 cm³/mol. The first-order chi connectivity index (χ1) is 17.7. The molecule has 4 aromatic rings. The van der Waals surface area contributed by atoms with Crippen molar-refractivity contribution in [1.29, 1.82) is 0 Å². The Morgan fingerprint density at radius 3 is 2.64 bits per heavy atom. The van der Waals surface area contributed by atoms with E-state index in [-0.39, 0.29) is 5.91 Å². The maximum Gasteiger partial charge on any atom is 0.234 e. The third-order valence-electron chi connectivity index (χ3n) is 6.25. The maximum atomic E-state index is 11.8. The van der Waals surface area contributed by atoms with Gasteiger partial charge in [-0.05, 0) is 53.6 Å². The van der Waals surface area contributed by atoms with Crippen molar-refractivity contribution in [3.8, 4) is 11.4 Å². The number of nitrogens with zero attached hydrogens (tertiary/aromatic N) is 5. The van der Waals surface area contributed by atoms with Gasteiger partial charge >= 0.3 is 0 Å². The second-order valence-electron chi connectivity index (χ2n) is 8.89. The molecule has 0 unspecified atom stereocenters. The molecule has 36 heavy (non-hydrogen) atoms. The zero-order valence-electron chi connectivity index (χ0n) is 20.4. The van der Waals surface area contributed by atoms with Crippen LogP contribution in [0.2, 0.25) is 0 Å². The molecule has 0 saturated carbocycles. The monoisotopic (exact) mass is 482 g/mol. The Kier molecular flexibility index (Phi) is 7.23. The number of aromatic nitrogens is 3. The van der Waals surface area contributed by atoms with Crippen molar-refractivity contribution in [1.82, 2.24) is 25.0 Å². The number of hydrogen-bond acceptors (Lipinski definition) is 6. The van der Waals surface area contributed by atoms with E-state index in [2.05, 4.69) is 67.7 Å². The van der Waals surface area contributed by atoms with Crippen LogP contribution in [-0.2, 0) is 24.4 Å². The van der Waals surface area contributed by atoms with Gasteiger partial charge < -0.3 is 15.0 Å². The number of pyridine rings is 1. The zero-order valence-corrected chi connectivity index (χ0v) is 20.4. The summed E-state index contributed by atoms with van der Waals surface area (Å²) >= 11 is 0. The van der Waals surface area contributed by atoms with Crippen LogP contribution in [0.5, 0.6) is 5.75 Å². The first-order valence-corrected chi connectivity index (χ1v) is 12.1. The average Bonchev–Trinajstić information content (AvgIpc) is 3.44. The van der Waals surface area contributed by atoms with Crippen molar-refractivity contribution < 1.29 is 9.53 Å². The number of ether oxygens (including phenoxy) is 1. The molecule has 0 aliphatic carbocycles. The minimum absolute atomic E-state index is 0.0654. The number of anilines is 1. The fraction of sp³-hybridized carbons (Fsp3) is 0.250. The van der Waals surface area contributed by atoms with Crippen molar-refractivity contribution in [2.24, 2.45) is 0 Å². The summed E-state index contributed by atoms with van der Waals surface area (Å²) in [6.07, 6.45) is 5.57. The Labute approximate surface area is 211 Å². The zero-order chi connectivity index (χ0) is 24.7. The van der Waals surface area contributed by atoms with Gasteiger partial charge in [-0.25, -0.2) is 4.68 Å². The number of benzene rings is 2. The van der Waals surface area contributed by atoms with Crippen LogP contribution < -0.4 is 15.0 Å². The van der Waals surface area contributed by atoms with Crippen LogP contribution >= 0.6 is 0 Å². The molecule has 8 nitrogen and oxygen atoms in total. The maximum absolute atomic E-state index is 11.8. The van der Waals surface area contributed by atoms with Gasteiger partial charge in [0, 0.05) is 57.0 Å². The standard InChI is InChI=1S/C28H30N6O2/c1-36-27-5-2-4-23(16-27)19-33(18-22-6-8-25(9-7-22)34-14-3-11-31-34)26-10-12-29-24(17-26)20-32-15-13-30-28(35)21-32/h2-12,14,16-17H,13,15,18-21H2,1H3,(H,30,35). The highest BCUT2D eigenvalue weighted by atomic mass is 16.5. The van der Waals surface area contributed by atoms with E-state index in [1.807, 2.05) is 41.3 Å². The second-order valence-corrected chi connectivity index (χ2v) is 8.89. The number of amides is 1. The molecule has 1 saturated heterocycles. The Balaban J connectivity index is 1.39. The molecule has 1 aliphatic rings. The molecule has 8 heteroatoms. The lowest BCUT2D eigenvalue weighted by molar-refractivity contribution is -0.124. The van der Waals surface area contributed by atoms with E-state index >= 15 is 0 Å². The van der Waals surface area contributed by atoms with Crippen LogP contribution in [0.1, 0.15) is 16.8 Å². The normalized spacial score (nSPS) is 13.9. The molecular weight excluding hydrogens is 452 g/mol. The Bertz CT molecular complexity index is 1290. The lowest BCUT2D eigenvalue weighted by Gasteiger charge is -2.28. The van der Waals surface area contributed by atoms with Crippen molar-refractivity contribution >= 4 is 11.6 Å². The molecule has 0 bridgehead atoms. The Morgan fingerprint density at radius 2 is 1.86 bits per heavy atom. The first-order valence-electron chi connectivity index (χ1n) is 12.1. The first kappa shape index (κ1) is 23.6. The summed E-state index contributed by atoms with van der Waals surface area (Å²) in [5.74, 6) is 0.908. The van der Waals surface area contributed by atoms with Crippen LogP contribution in [0.25, 0.3) is 5.69 Å². The fourth-order valence-electron chi connectivity index (χ4n) is 4.43. The van der Waals surface area contributed by atoms with Gasteiger partial charge in [0.15, 0.2) is 0 Å². The summed E-state index contributed by atoms with van der Waals surface area (Å²) in [5, 5.41) is 7.20. The van der Waals surface area contributed by atoms with Crippen LogP contribution in [-0.4, -0.2) is 52.3 Å². The van der Waals surface area contributed by atoms with Gasteiger partial charge in [0.05, 0.1) is 25.0 Å². The minimum Gasteiger partial charge on any atom is -0.497 e. The predicted octanol–water partition coefficient (Wildman–Crippen LogP) is 3.41. The smallest absolute Gasteiger partial charge is 0.234 e. The van der Waals surface area contributed by atoms with E-state index in [1.54, 1.807) is 13.3 Å². The molecule has 0 atom stereocenters. The summed E-state index contributed by atoms with van der Waals surface area (Å²) in [6, 6.07) is 22.7. The summed E-state index contributed by atoms with van der Waals surface area (Å²) in [5.41, 5.74) is 5.42. The van der Waals surface area contributed by atoms with E-state index in [0.717, 1.165) is 41.5 Å². The van der Waals surface area contributed by atoms with Gasteiger partial charge in [-0.15, -0.1) is 0 Å². The quantitative estimate of drug-likeness (QED) is 0.394. The van der Waals surface area contributed by atoms with Gasteiger partial charge in [0.25, 0.3) is 0 Å². The molecule has 1 N–H and O–H groups in total. The molecule has 0 radical (unpaired) electrons. The Hall–Kier alpha value is -4.17. The molecule has 0 spiro atoms. The topological polar surface area (TPSA) is 75.5 Å². The molecule has 1 fully saturated rings. The summed E-state index contributed by atoms with van der Waals surface area (Å²) in [7, 11) is 1.69. The second kappa shape index (κ2) is 11.0. The summed E-state index contributed by atoms with van der Waals surface area (Å²) < 4.78 is 7.30. The highest BCUT2D eigenvalue weighted by Gasteiger charge is 2.17. The molecule has 3 heterocycles. The molecule has 1 aliphatic heterocycles. The van der Waals surface area contributed by atoms with Gasteiger partial charge in [-0.3, -0.25) is 14.7 Å². The van der Waals surface area contributed by atoms with Crippen molar-refractivity contribution in [3.05, 3.63) is 102 Å². The minimum atomic E-state index is 0.0654. The highest BCUT2D eigenvalue weighted by Crippen LogP contribution is 2.23. The molecule has 2 aromatic heterocycles. The Morgan fingerprint density at radius 1 is 1.00 bits per heavy atom. The lowest BCUT2D eigenvalue weighted by atomic mass is 10.1. The number of piperazine rings is 1. The molecule has 2 aromatic carbocycles. The van der Waals surface area contributed by atoms with Crippen LogP contribution in [0.4, 0.5) is 5.69 Å². The largest absolute Gasteiger partial charge is 0.497 e. The fourth-order valence-corrected chi connectivity index (χ4v) is 4.43. The highest BCUT2D eigenvalue weighted by molar-refractivity contribution is 5.78. The van der Waals surface area contributed by atoms with Crippen molar-refractivity contribution in [3.63, 3.8) is 0 Å². The van der Waals surface area contributed by atoms with Crippen LogP contribution in [0.3, 0.4) is 0 Å². The van der Waals surface area contributed by atoms with Gasteiger partial charge in [-0.1, -0.05) is 24.3 Å². The lowest BCUT2D eigenvalue weighted by Crippen LogP contribution is -2.47. The SMILES string of the molecule is COc1cccc(CN(Cc2ccc(-n3cccn3)cc2)c2ccnc(CN3CCNC(=O)C3)c2)c1. The number of carbonyl (C=O) groups is 1. The van der Waals surface area contributed by atoms with Crippen molar-refractivity contribution in [2.45, 2.75) is 19.6 Å². The molecule has 1 amide bonds. The number of rotatable bonds is 9. The van der Waals surface area contributed by atoms with E-state index in [9.17, 15) is 4.79 Å². The molecule has 184 valence electrons. The van der Waals surface area contributed by atoms with Crippen LogP contribution in [0, 0.1) is 0 Å². The number of nitrogens with one attached hydrogen (secondary N) is 1. The average molecular weight is 483 g/mol.